The largest absolute Gasteiger partial charge is 1.00 e. The molecule has 3 heteroatoms. The Morgan fingerprint density at radius 1 is 0.962 bits per heavy atom. The Balaban J connectivity index is 0.000000415. The van der Waals surface area contributed by atoms with Crippen molar-refractivity contribution in [2.75, 3.05) is 0 Å². The molecule has 0 nitrogen and oxygen atoms in total. The number of halogens is 2. The van der Waals surface area contributed by atoms with Gasteiger partial charge in [0.05, 0.1) is 0 Å². The molecule has 1 aliphatic rings. The van der Waals surface area contributed by atoms with Gasteiger partial charge in [-0.25, -0.2) is 12.1 Å². The maximum atomic E-state index is 3.30. The summed E-state index contributed by atoms with van der Waals surface area (Å²) in [4.78, 5) is 0. The van der Waals surface area contributed by atoms with E-state index in [1.807, 2.05) is 6.07 Å². The minimum absolute atomic E-state index is 0. The van der Waals surface area contributed by atoms with E-state index < -0.39 is 0 Å². The van der Waals surface area contributed by atoms with Gasteiger partial charge < -0.3 is 24.8 Å². The molecule has 0 saturated heterocycles. The molecule has 0 aromatic heterocycles. The summed E-state index contributed by atoms with van der Waals surface area (Å²) in [7, 11) is 0. The molecule has 0 saturated carbocycles. The molecule has 3 aromatic rings. The third-order valence-corrected chi connectivity index (χ3v) is 3.93. The first-order valence-electron chi connectivity index (χ1n) is 8.27. The Kier molecular flexibility index (Phi) is 12.1. The summed E-state index contributed by atoms with van der Waals surface area (Å²) in [5.41, 5.74) is 8.29. The molecule has 4 rings (SSSR count). The molecule has 26 heavy (non-hydrogen) atoms. The third kappa shape index (κ3) is 7.39. The normalized spacial score (nSPS) is 9.77. The van der Waals surface area contributed by atoms with Crippen molar-refractivity contribution >= 4 is 3.21 Å². The molecule has 3 aromatic carbocycles. The van der Waals surface area contributed by atoms with Crippen LogP contribution in [0.3, 0.4) is 0 Å². The summed E-state index contributed by atoms with van der Waals surface area (Å²) in [6.45, 7) is 8.49. The van der Waals surface area contributed by atoms with Crippen molar-refractivity contribution in [2.24, 2.45) is 0 Å². The van der Waals surface area contributed by atoms with E-state index >= 15 is 0 Å². The molecule has 0 aliphatic heterocycles. The maximum Gasteiger partial charge on any atom is -0.0253 e. The van der Waals surface area contributed by atoms with Crippen LogP contribution < -0.4 is 24.8 Å². The monoisotopic (exact) mass is 460 g/mol. The molecule has 1 aliphatic carbocycles. The average Bonchev–Trinajstić information content (AvgIpc) is 3.11. The van der Waals surface area contributed by atoms with E-state index in [-0.39, 0.29) is 24.8 Å². The van der Waals surface area contributed by atoms with E-state index in [0.717, 1.165) is 6.42 Å². The molecule has 136 valence electrons. The smallest absolute Gasteiger partial charge is 0.0253 e. The summed E-state index contributed by atoms with van der Waals surface area (Å²) < 4.78 is 1.51. The predicted octanol–water partition coefficient (Wildman–Crippen LogP) is -0.166. The van der Waals surface area contributed by atoms with Gasteiger partial charge in [0.25, 0.3) is 0 Å². The standard InChI is InChI=1S/C13H9.C7H9.C3H6.2ClH.Zr/c1-3-7-12-10(5-1)9-11-6-2-4-8-13(11)12;1-6-4-3-5-7(6)2;1-3-2;;;/h1-5,7-8H,9H2;3-5H,1-2H3;1-2H3;2*1H;/q2*-1;;;;+2/p-2. The van der Waals surface area contributed by atoms with Gasteiger partial charge in [-0.3, -0.25) is 0 Å². The second-order valence-electron chi connectivity index (χ2n) is 6.29. The number of hydrogen-bond acceptors (Lipinski definition) is 0. The fourth-order valence-corrected chi connectivity index (χ4v) is 2.60. The first-order chi connectivity index (χ1) is 11.5. The van der Waals surface area contributed by atoms with Gasteiger partial charge in [0.15, 0.2) is 0 Å². The average molecular weight is 463 g/mol. The zero-order valence-corrected chi connectivity index (χ0v) is 19.7. The fraction of sp³-hybridized carbons (Fsp3) is 0.217. The summed E-state index contributed by atoms with van der Waals surface area (Å²) in [6, 6.07) is 24.4. The summed E-state index contributed by atoms with van der Waals surface area (Å²) >= 11 is 1.55. The molecule has 0 atom stereocenters. The number of rotatable bonds is 0. The summed E-state index contributed by atoms with van der Waals surface area (Å²) in [5, 5.41) is 0. The van der Waals surface area contributed by atoms with Gasteiger partial charge in [-0.2, -0.15) is 47.0 Å². The van der Waals surface area contributed by atoms with Crippen molar-refractivity contribution in [3.63, 3.8) is 0 Å². The van der Waals surface area contributed by atoms with Gasteiger partial charge >= 0.3 is 41.3 Å². The van der Waals surface area contributed by atoms with Crippen molar-refractivity contribution in [2.45, 2.75) is 34.1 Å². The van der Waals surface area contributed by atoms with E-state index in [1.54, 1.807) is 24.2 Å². The molecule has 0 spiro atoms. The fourth-order valence-electron chi connectivity index (χ4n) is 2.60. The Labute approximate surface area is 185 Å². The van der Waals surface area contributed by atoms with E-state index in [4.69, 9.17) is 0 Å². The number of hydrogen-bond donors (Lipinski definition) is 0. The first-order valence-corrected chi connectivity index (χ1v) is 9.50. The zero-order valence-electron chi connectivity index (χ0n) is 15.7. The maximum absolute atomic E-state index is 3.30. The quantitative estimate of drug-likeness (QED) is 0.319. The van der Waals surface area contributed by atoms with Gasteiger partial charge in [-0.05, 0) is 6.42 Å². The van der Waals surface area contributed by atoms with Crippen LogP contribution in [0.2, 0.25) is 0 Å². The van der Waals surface area contributed by atoms with E-state index in [1.165, 1.54) is 36.6 Å². The SMILES string of the molecule is C[C](C)=[Zr+2].Cc1ccc[c-]1C.[Cl-].[Cl-].[c-]1cccc2c1Cc1ccccc1-2. The molecular formula is C23H24Cl2Zr-2. The van der Waals surface area contributed by atoms with Crippen LogP contribution in [0.4, 0.5) is 0 Å². The molecule has 0 unspecified atom stereocenters. The van der Waals surface area contributed by atoms with Crippen molar-refractivity contribution in [1.82, 2.24) is 0 Å². The number of fused-ring (bicyclic) bond motifs is 3. The molecule has 0 heterocycles. The topological polar surface area (TPSA) is 0 Å². The van der Waals surface area contributed by atoms with E-state index in [2.05, 4.69) is 88.4 Å². The summed E-state index contributed by atoms with van der Waals surface area (Å²) in [5.74, 6) is 0. The van der Waals surface area contributed by atoms with Crippen LogP contribution in [0.5, 0.6) is 0 Å². The van der Waals surface area contributed by atoms with Crippen molar-refractivity contribution in [1.29, 1.82) is 0 Å². The number of aryl methyl sites for hydroxylation is 2. The van der Waals surface area contributed by atoms with Crippen LogP contribution in [0.25, 0.3) is 11.1 Å². The van der Waals surface area contributed by atoms with Crippen LogP contribution in [0.15, 0.2) is 60.7 Å². The van der Waals surface area contributed by atoms with Crippen LogP contribution >= 0.6 is 0 Å². The number of benzene rings is 2. The second-order valence-corrected chi connectivity index (χ2v) is 8.75. The predicted molar refractivity (Wildman–Crippen MR) is 101 cm³/mol. The van der Waals surface area contributed by atoms with Crippen LogP contribution in [0, 0.1) is 19.9 Å². The minimum Gasteiger partial charge on any atom is -1.00 e. The van der Waals surface area contributed by atoms with Crippen molar-refractivity contribution in [3.05, 3.63) is 89.0 Å². The van der Waals surface area contributed by atoms with E-state index in [9.17, 15) is 0 Å². The minimum atomic E-state index is 0. The molecule has 0 N–H and O–H groups in total. The first kappa shape index (κ1) is 25.1. The zero-order chi connectivity index (χ0) is 17.5. The Morgan fingerprint density at radius 2 is 1.58 bits per heavy atom. The molecule has 0 bridgehead atoms. The Morgan fingerprint density at radius 3 is 2.12 bits per heavy atom. The van der Waals surface area contributed by atoms with Gasteiger partial charge in [0, 0.05) is 0 Å². The van der Waals surface area contributed by atoms with Gasteiger partial charge in [-0.1, -0.05) is 49.2 Å². The van der Waals surface area contributed by atoms with Crippen LogP contribution in [-0.4, -0.2) is 3.21 Å². The third-order valence-electron chi connectivity index (χ3n) is 3.93. The summed E-state index contributed by atoms with van der Waals surface area (Å²) in [6.07, 6.45) is 1.05. The Bertz CT molecular complexity index is 754. The van der Waals surface area contributed by atoms with Gasteiger partial charge in [0.1, 0.15) is 0 Å². The molecule has 0 radical (unpaired) electrons. The van der Waals surface area contributed by atoms with Gasteiger partial charge in [-0.15, -0.1) is 5.56 Å². The van der Waals surface area contributed by atoms with Crippen molar-refractivity contribution < 1.29 is 49.0 Å². The molecule has 0 fully saturated rings. The van der Waals surface area contributed by atoms with Gasteiger partial charge in [0.2, 0.25) is 0 Å². The van der Waals surface area contributed by atoms with Crippen molar-refractivity contribution in [3.8, 4) is 11.1 Å². The second kappa shape index (κ2) is 12.5. The Hall–Kier alpha value is -0.877. The van der Waals surface area contributed by atoms with Crippen LogP contribution in [-0.2, 0) is 30.7 Å². The molecular weight excluding hydrogens is 438 g/mol. The van der Waals surface area contributed by atoms with Crippen LogP contribution in [0.1, 0.15) is 36.1 Å². The molecule has 0 amide bonds. The van der Waals surface area contributed by atoms with E-state index in [0.29, 0.717) is 0 Å².